The van der Waals surface area contributed by atoms with Crippen LogP contribution in [0.4, 0.5) is 0 Å². The molecule has 3 rings (SSSR count). The summed E-state index contributed by atoms with van der Waals surface area (Å²) in [4.78, 5) is 23.9. The van der Waals surface area contributed by atoms with Crippen molar-refractivity contribution >= 4 is 45.1 Å². The largest absolute Gasteiger partial charge is 0.478 e. The number of aliphatic carboxylic acids is 2. The molecular formula is C18H17NO4S2. The molecule has 0 radical (unpaired) electrons. The molecule has 25 heavy (non-hydrogen) atoms. The van der Waals surface area contributed by atoms with Crippen LogP contribution < -0.4 is 5.32 Å². The molecule has 0 fully saturated rings. The smallest absolute Gasteiger partial charge is 0.334 e. The number of hydrogen-bond donors (Lipinski definition) is 3. The lowest BCUT2D eigenvalue weighted by Gasteiger charge is -2.29. The summed E-state index contributed by atoms with van der Waals surface area (Å²) in [7, 11) is 0. The van der Waals surface area contributed by atoms with Crippen LogP contribution in [-0.2, 0) is 9.59 Å². The van der Waals surface area contributed by atoms with Crippen molar-refractivity contribution in [3.63, 3.8) is 0 Å². The first-order chi connectivity index (χ1) is 11.9. The van der Waals surface area contributed by atoms with Crippen LogP contribution in [0.15, 0.2) is 51.0 Å². The lowest BCUT2D eigenvalue weighted by Crippen LogP contribution is -2.31. The fourth-order valence-corrected chi connectivity index (χ4v) is 5.34. The van der Waals surface area contributed by atoms with Crippen molar-refractivity contribution in [3.05, 3.63) is 52.4 Å². The second-order valence-corrected chi connectivity index (χ2v) is 7.88. The molecule has 130 valence electrons. The van der Waals surface area contributed by atoms with Crippen LogP contribution in [0.3, 0.4) is 0 Å². The lowest BCUT2D eigenvalue weighted by molar-refractivity contribution is -0.133. The monoisotopic (exact) mass is 375 g/mol. The van der Waals surface area contributed by atoms with E-state index in [0.717, 1.165) is 19.9 Å². The van der Waals surface area contributed by atoms with Crippen molar-refractivity contribution in [2.45, 2.75) is 24.0 Å². The van der Waals surface area contributed by atoms with Gasteiger partial charge in [0.25, 0.3) is 0 Å². The molecule has 0 atom stereocenters. The van der Waals surface area contributed by atoms with E-state index in [2.05, 4.69) is 5.32 Å². The molecule has 0 saturated carbocycles. The summed E-state index contributed by atoms with van der Waals surface area (Å²) in [5.41, 5.74) is 1.89. The third kappa shape index (κ3) is 2.83. The number of rotatable bonds is 4. The standard InChI is InChI=1S/C18H17NO4S2/c1-8-12(16(20)21)15(13(17(22)23)9(2)19-8)14-10-6-4-5-7-11(10)25-18(14)24-3/h4-7,15,19H,1-3H3,(H,20,21)(H,22,23). The number of dihydropyridines is 1. The zero-order valence-corrected chi connectivity index (χ0v) is 15.5. The number of fused-ring (bicyclic) bond motifs is 1. The number of carboxylic acid groups (broad SMARTS) is 2. The highest BCUT2D eigenvalue weighted by atomic mass is 32.2. The Labute approximate surface area is 153 Å². The Morgan fingerprint density at radius 3 is 2.16 bits per heavy atom. The van der Waals surface area contributed by atoms with Crippen molar-refractivity contribution in [2.24, 2.45) is 0 Å². The Kier molecular flexibility index (Phi) is 4.62. The normalized spacial score (nSPS) is 15.6. The van der Waals surface area contributed by atoms with Gasteiger partial charge in [-0.25, -0.2) is 9.59 Å². The Bertz CT molecular complexity index is 919. The molecule has 0 unspecified atom stereocenters. The van der Waals surface area contributed by atoms with E-state index in [1.807, 2.05) is 30.5 Å². The summed E-state index contributed by atoms with van der Waals surface area (Å²) >= 11 is 3.07. The van der Waals surface area contributed by atoms with E-state index in [1.165, 1.54) is 11.8 Å². The summed E-state index contributed by atoms with van der Waals surface area (Å²) in [5.74, 6) is -3.03. The molecule has 5 nitrogen and oxygen atoms in total. The Morgan fingerprint density at radius 2 is 1.64 bits per heavy atom. The number of thioether (sulfide) groups is 1. The molecule has 0 amide bonds. The second-order valence-electron chi connectivity index (χ2n) is 5.75. The molecule has 0 spiro atoms. The summed E-state index contributed by atoms with van der Waals surface area (Å²) in [5, 5.41) is 23.4. The van der Waals surface area contributed by atoms with Gasteiger partial charge in [0, 0.05) is 16.1 Å². The van der Waals surface area contributed by atoms with Crippen molar-refractivity contribution in [3.8, 4) is 0 Å². The van der Waals surface area contributed by atoms with Crippen molar-refractivity contribution in [1.82, 2.24) is 5.32 Å². The number of allylic oxidation sites excluding steroid dienone is 2. The van der Waals surface area contributed by atoms with Crippen LogP contribution in [0.2, 0.25) is 0 Å². The van der Waals surface area contributed by atoms with Crippen molar-refractivity contribution < 1.29 is 19.8 Å². The number of thiophene rings is 1. The van der Waals surface area contributed by atoms with Crippen LogP contribution in [0.1, 0.15) is 25.3 Å². The SMILES string of the molecule is CSc1sc2ccccc2c1C1C(C(=O)O)=C(C)NC(C)=C1C(=O)O. The van der Waals surface area contributed by atoms with Gasteiger partial charge >= 0.3 is 11.9 Å². The number of carboxylic acids is 2. The average molecular weight is 375 g/mol. The highest BCUT2D eigenvalue weighted by Gasteiger charge is 2.39. The van der Waals surface area contributed by atoms with Gasteiger partial charge in [-0.2, -0.15) is 0 Å². The molecule has 2 aromatic rings. The summed E-state index contributed by atoms with van der Waals surface area (Å²) in [6, 6.07) is 7.70. The summed E-state index contributed by atoms with van der Waals surface area (Å²) in [6.07, 6.45) is 1.92. The molecule has 1 aliphatic heterocycles. The first kappa shape index (κ1) is 17.6. The van der Waals surface area contributed by atoms with Gasteiger partial charge in [-0.1, -0.05) is 18.2 Å². The molecule has 7 heteroatoms. The number of hydrogen-bond acceptors (Lipinski definition) is 5. The van der Waals surface area contributed by atoms with E-state index in [1.54, 1.807) is 25.2 Å². The summed E-state index contributed by atoms with van der Waals surface area (Å²) < 4.78 is 1.95. The highest BCUT2D eigenvalue weighted by Crippen LogP contribution is 2.48. The molecule has 0 bridgehead atoms. The van der Waals surface area contributed by atoms with E-state index < -0.39 is 17.9 Å². The van der Waals surface area contributed by atoms with Gasteiger partial charge in [-0.15, -0.1) is 23.1 Å². The second kappa shape index (κ2) is 6.57. The van der Waals surface area contributed by atoms with Gasteiger partial charge in [-0.3, -0.25) is 0 Å². The predicted octanol–water partition coefficient (Wildman–Crippen LogP) is 4.03. The maximum absolute atomic E-state index is 12.0. The molecule has 0 aliphatic carbocycles. The minimum atomic E-state index is -1.11. The van der Waals surface area contributed by atoms with Gasteiger partial charge in [0.15, 0.2) is 0 Å². The Hall–Kier alpha value is -2.25. The minimum absolute atomic E-state index is 0.0850. The van der Waals surface area contributed by atoms with E-state index in [9.17, 15) is 19.8 Å². The van der Waals surface area contributed by atoms with Gasteiger partial charge in [-0.05, 0) is 37.1 Å². The molecular weight excluding hydrogens is 358 g/mol. The predicted molar refractivity (Wildman–Crippen MR) is 100 cm³/mol. The first-order valence-corrected chi connectivity index (χ1v) is 9.61. The quantitative estimate of drug-likeness (QED) is 0.700. The van der Waals surface area contributed by atoms with Crippen LogP contribution in [0.25, 0.3) is 10.1 Å². The number of carbonyl (C=O) groups is 2. The molecule has 2 heterocycles. The van der Waals surface area contributed by atoms with E-state index in [0.29, 0.717) is 11.4 Å². The van der Waals surface area contributed by atoms with Crippen molar-refractivity contribution in [1.29, 1.82) is 0 Å². The maximum atomic E-state index is 12.0. The van der Waals surface area contributed by atoms with E-state index in [4.69, 9.17) is 0 Å². The third-order valence-corrected chi connectivity index (χ3v) is 6.62. The van der Waals surface area contributed by atoms with E-state index in [-0.39, 0.29) is 11.1 Å². The van der Waals surface area contributed by atoms with Gasteiger partial charge in [0.1, 0.15) is 0 Å². The molecule has 0 saturated heterocycles. The molecule has 1 aliphatic rings. The molecule has 3 N–H and O–H groups in total. The van der Waals surface area contributed by atoms with Crippen molar-refractivity contribution in [2.75, 3.05) is 6.26 Å². The number of benzene rings is 1. The van der Waals surface area contributed by atoms with E-state index >= 15 is 0 Å². The van der Waals surface area contributed by atoms with Crippen LogP contribution in [0, 0.1) is 0 Å². The van der Waals surface area contributed by atoms with Gasteiger partial charge in [0.2, 0.25) is 0 Å². The topological polar surface area (TPSA) is 86.6 Å². The molecule has 1 aromatic carbocycles. The zero-order valence-electron chi connectivity index (χ0n) is 13.9. The first-order valence-electron chi connectivity index (χ1n) is 7.57. The molecule has 1 aromatic heterocycles. The average Bonchev–Trinajstić information content (AvgIpc) is 2.91. The third-order valence-electron chi connectivity index (χ3n) is 4.30. The summed E-state index contributed by atoms with van der Waals surface area (Å²) in [6.45, 7) is 3.35. The van der Waals surface area contributed by atoms with Crippen LogP contribution in [-0.4, -0.2) is 28.4 Å². The maximum Gasteiger partial charge on any atom is 0.334 e. The zero-order chi connectivity index (χ0) is 18.3. The van der Waals surface area contributed by atoms with Gasteiger partial charge in [0.05, 0.1) is 21.3 Å². The fraction of sp³-hybridized carbons (Fsp3) is 0.222. The Morgan fingerprint density at radius 1 is 1.08 bits per heavy atom. The minimum Gasteiger partial charge on any atom is -0.478 e. The number of nitrogens with one attached hydrogen (secondary N) is 1. The fourth-order valence-electron chi connectivity index (χ4n) is 3.32. The van der Waals surface area contributed by atoms with Crippen LogP contribution >= 0.6 is 23.1 Å². The van der Waals surface area contributed by atoms with Crippen LogP contribution in [0.5, 0.6) is 0 Å². The Balaban J connectivity index is 2.39. The lowest BCUT2D eigenvalue weighted by atomic mass is 9.80. The highest BCUT2D eigenvalue weighted by molar-refractivity contribution is 8.00. The van der Waals surface area contributed by atoms with Gasteiger partial charge < -0.3 is 15.5 Å².